The largest absolute Gasteiger partial charge is 0.295 e. The summed E-state index contributed by atoms with van der Waals surface area (Å²) in [7, 11) is 0. The Bertz CT molecular complexity index is 619. The average molecular weight is 358 g/mol. The summed E-state index contributed by atoms with van der Waals surface area (Å²) < 4.78 is 1.08. The lowest BCUT2D eigenvalue weighted by molar-refractivity contribution is 0.131. The predicted molar refractivity (Wildman–Crippen MR) is 95.0 cm³/mol. The molecule has 0 saturated carbocycles. The average Bonchev–Trinajstić information content (AvgIpc) is 2.56. The molecule has 0 amide bonds. The number of piperazine rings is 1. The lowest BCUT2D eigenvalue weighted by Crippen LogP contribution is -2.43. The Morgan fingerprint density at radius 1 is 0.909 bits per heavy atom. The third kappa shape index (κ3) is 4.18. The van der Waals surface area contributed by atoms with Gasteiger partial charge in [-0.05, 0) is 11.6 Å². The fraction of sp³-hybridized carbons (Fsp3) is 0.278. The molecule has 3 rings (SSSR count). The van der Waals surface area contributed by atoms with Crippen LogP contribution in [0.15, 0.2) is 64.2 Å². The van der Waals surface area contributed by atoms with Crippen LogP contribution in [0.3, 0.4) is 0 Å². The van der Waals surface area contributed by atoms with Gasteiger partial charge in [-0.1, -0.05) is 64.5 Å². The summed E-state index contributed by atoms with van der Waals surface area (Å²) in [5.74, 6) is 0. The van der Waals surface area contributed by atoms with Crippen molar-refractivity contribution < 1.29 is 0 Å². The van der Waals surface area contributed by atoms with Gasteiger partial charge in [-0.25, -0.2) is 0 Å². The summed E-state index contributed by atoms with van der Waals surface area (Å²) in [4.78, 5) is 2.49. The molecule has 22 heavy (non-hydrogen) atoms. The van der Waals surface area contributed by atoms with Crippen LogP contribution in [0.2, 0.25) is 0 Å². The lowest BCUT2D eigenvalue weighted by Gasteiger charge is -2.33. The van der Waals surface area contributed by atoms with E-state index in [1.165, 1.54) is 5.56 Å². The Balaban J connectivity index is 1.51. The predicted octanol–water partition coefficient (Wildman–Crippen LogP) is 3.60. The number of benzene rings is 2. The van der Waals surface area contributed by atoms with Gasteiger partial charge in [0.05, 0.1) is 6.21 Å². The number of hydrogen-bond donors (Lipinski definition) is 0. The number of nitrogens with zero attached hydrogens (tertiary/aromatic N) is 3. The minimum absolute atomic E-state index is 0.980. The fourth-order valence-electron chi connectivity index (χ4n) is 2.58. The van der Waals surface area contributed by atoms with Crippen LogP contribution in [-0.2, 0) is 6.54 Å². The maximum atomic E-state index is 4.61. The van der Waals surface area contributed by atoms with Crippen molar-refractivity contribution in [2.75, 3.05) is 26.2 Å². The molecule has 1 saturated heterocycles. The van der Waals surface area contributed by atoms with E-state index in [-0.39, 0.29) is 0 Å². The first kappa shape index (κ1) is 15.3. The summed E-state index contributed by atoms with van der Waals surface area (Å²) in [6.07, 6.45) is 1.94. The van der Waals surface area contributed by atoms with Gasteiger partial charge < -0.3 is 0 Å². The normalized spacial score (nSPS) is 16.3. The van der Waals surface area contributed by atoms with Crippen LogP contribution in [0.4, 0.5) is 0 Å². The van der Waals surface area contributed by atoms with Crippen LogP contribution in [0.25, 0.3) is 0 Å². The highest BCUT2D eigenvalue weighted by Gasteiger charge is 2.15. The second-order valence-electron chi connectivity index (χ2n) is 5.48. The van der Waals surface area contributed by atoms with Gasteiger partial charge in [0.25, 0.3) is 0 Å². The van der Waals surface area contributed by atoms with E-state index in [1.54, 1.807) is 0 Å². The highest BCUT2D eigenvalue weighted by Crippen LogP contribution is 2.14. The van der Waals surface area contributed by atoms with E-state index in [9.17, 15) is 0 Å². The van der Waals surface area contributed by atoms with E-state index in [0.717, 1.165) is 42.8 Å². The highest BCUT2D eigenvalue weighted by atomic mass is 79.9. The van der Waals surface area contributed by atoms with Gasteiger partial charge in [0, 0.05) is 42.8 Å². The Kier molecular flexibility index (Phi) is 5.24. The van der Waals surface area contributed by atoms with Crippen LogP contribution >= 0.6 is 15.9 Å². The van der Waals surface area contributed by atoms with Crippen LogP contribution in [0.5, 0.6) is 0 Å². The molecule has 0 unspecified atom stereocenters. The standard InChI is InChI=1S/C18H20BrN3/c19-18-9-5-4-8-17(18)14-20-22-12-10-21(11-13-22)15-16-6-2-1-3-7-16/h1-9,14H,10-13,15H2. The van der Waals surface area contributed by atoms with E-state index in [2.05, 4.69) is 67.3 Å². The van der Waals surface area contributed by atoms with Gasteiger partial charge >= 0.3 is 0 Å². The number of hydrazone groups is 1. The molecule has 1 aliphatic heterocycles. The minimum atomic E-state index is 0.980. The van der Waals surface area contributed by atoms with E-state index in [0.29, 0.717) is 0 Å². The molecule has 0 atom stereocenters. The topological polar surface area (TPSA) is 18.8 Å². The summed E-state index contributed by atoms with van der Waals surface area (Å²) >= 11 is 3.55. The first-order valence-electron chi connectivity index (χ1n) is 7.61. The molecule has 1 heterocycles. The van der Waals surface area contributed by atoms with Crippen molar-refractivity contribution in [3.05, 3.63) is 70.2 Å². The third-order valence-corrected chi connectivity index (χ3v) is 4.59. The van der Waals surface area contributed by atoms with E-state index in [1.807, 2.05) is 24.4 Å². The monoisotopic (exact) mass is 357 g/mol. The number of hydrogen-bond acceptors (Lipinski definition) is 3. The van der Waals surface area contributed by atoms with Crippen LogP contribution in [-0.4, -0.2) is 42.3 Å². The summed E-state index contributed by atoms with van der Waals surface area (Å²) in [5, 5.41) is 6.76. The molecular formula is C18H20BrN3. The van der Waals surface area contributed by atoms with Crippen molar-refractivity contribution >= 4 is 22.1 Å². The third-order valence-electron chi connectivity index (χ3n) is 3.86. The highest BCUT2D eigenvalue weighted by molar-refractivity contribution is 9.10. The van der Waals surface area contributed by atoms with Gasteiger partial charge in [-0.3, -0.25) is 9.91 Å². The van der Waals surface area contributed by atoms with Crippen LogP contribution in [0.1, 0.15) is 11.1 Å². The Morgan fingerprint density at radius 2 is 1.59 bits per heavy atom. The molecule has 4 heteroatoms. The molecular weight excluding hydrogens is 338 g/mol. The van der Waals surface area contributed by atoms with Gasteiger partial charge in [0.2, 0.25) is 0 Å². The van der Waals surface area contributed by atoms with Crippen LogP contribution < -0.4 is 0 Å². The van der Waals surface area contributed by atoms with E-state index in [4.69, 9.17) is 0 Å². The molecule has 3 nitrogen and oxygen atoms in total. The molecule has 0 N–H and O–H groups in total. The zero-order valence-electron chi connectivity index (χ0n) is 12.5. The zero-order valence-corrected chi connectivity index (χ0v) is 14.1. The van der Waals surface area contributed by atoms with Gasteiger partial charge in [0.1, 0.15) is 0 Å². The molecule has 0 spiro atoms. The molecule has 0 aromatic heterocycles. The van der Waals surface area contributed by atoms with Crippen molar-refractivity contribution in [1.29, 1.82) is 0 Å². The molecule has 1 aliphatic rings. The number of halogens is 1. The van der Waals surface area contributed by atoms with E-state index >= 15 is 0 Å². The van der Waals surface area contributed by atoms with E-state index < -0.39 is 0 Å². The molecule has 0 aliphatic carbocycles. The first-order chi connectivity index (χ1) is 10.8. The molecule has 2 aromatic rings. The Morgan fingerprint density at radius 3 is 2.32 bits per heavy atom. The van der Waals surface area contributed by atoms with Gasteiger partial charge in [-0.2, -0.15) is 5.10 Å². The Hall–Kier alpha value is -1.65. The maximum Gasteiger partial charge on any atom is 0.0554 e. The minimum Gasteiger partial charge on any atom is -0.295 e. The van der Waals surface area contributed by atoms with Gasteiger partial charge in [0.15, 0.2) is 0 Å². The molecule has 114 valence electrons. The quantitative estimate of drug-likeness (QED) is 0.778. The lowest BCUT2D eigenvalue weighted by atomic mass is 10.2. The van der Waals surface area contributed by atoms with Crippen LogP contribution in [0, 0.1) is 0 Å². The molecule has 1 fully saturated rings. The fourth-order valence-corrected chi connectivity index (χ4v) is 2.96. The summed E-state index contributed by atoms with van der Waals surface area (Å²) in [6.45, 7) is 5.11. The summed E-state index contributed by atoms with van der Waals surface area (Å²) in [6, 6.07) is 18.8. The molecule has 0 radical (unpaired) electrons. The first-order valence-corrected chi connectivity index (χ1v) is 8.40. The molecule has 2 aromatic carbocycles. The van der Waals surface area contributed by atoms with Crippen molar-refractivity contribution in [2.45, 2.75) is 6.54 Å². The summed E-state index contributed by atoms with van der Waals surface area (Å²) in [5.41, 5.74) is 2.50. The SMILES string of the molecule is Brc1ccccc1C=NN1CCN(Cc2ccccc2)CC1. The molecule has 0 bridgehead atoms. The second kappa shape index (κ2) is 7.56. The smallest absolute Gasteiger partial charge is 0.0554 e. The van der Waals surface area contributed by atoms with Crippen molar-refractivity contribution in [2.24, 2.45) is 5.10 Å². The van der Waals surface area contributed by atoms with Crippen molar-refractivity contribution in [3.8, 4) is 0 Å². The van der Waals surface area contributed by atoms with Gasteiger partial charge in [-0.15, -0.1) is 0 Å². The maximum absolute atomic E-state index is 4.61. The zero-order chi connectivity index (χ0) is 15.2. The van der Waals surface area contributed by atoms with Crippen molar-refractivity contribution in [3.63, 3.8) is 0 Å². The van der Waals surface area contributed by atoms with Crippen molar-refractivity contribution in [1.82, 2.24) is 9.91 Å². The Labute approximate surface area is 140 Å². The second-order valence-corrected chi connectivity index (χ2v) is 6.34. The number of rotatable bonds is 4.